The van der Waals surface area contributed by atoms with Gasteiger partial charge in [-0.3, -0.25) is 9.89 Å². The van der Waals surface area contributed by atoms with Gasteiger partial charge in [0, 0.05) is 23.0 Å². The van der Waals surface area contributed by atoms with Gasteiger partial charge in [0.1, 0.15) is 0 Å². The van der Waals surface area contributed by atoms with Crippen molar-refractivity contribution in [1.29, 1.82) is 0 Å². The lowest BCUT2D eigenvalue weighted by Crippen LogP contribution is -2.19. The van der Waals surface area contributed by atoms with Crippen LogP contribution in [0.25, 0.3) is 5.65 Å². The lowest BCUT2D eigenvalue weighted by molar-refractivity contribution is 0.771. The number of hydrogen-bond donors (Lipinski definition) is 1. The molecule has 0 aliphatic carbocycles. The fraction of sp³-hybridized carbons (Fsp3) is 0.455. The van der Waals surface area contributed by atoms with Gasteiger partial charge in [0.2, 0.25) is 0 Å². The van der Waals surface area contributed by atoms with Crippen LogP contribution < -0.4 is 5.56 Å². The highest BCUT2D eigenvalue weighted by Gasteiger charge is 2.09. The first-order valence-corrected chi connectivity index (χ1v) is 5.09. The summed E-state index contributed by atoms with van der Waals surface area (Å²) in [6.07, 6.45) is 0. The Bertz CT molecular complexity index is 563. The molecule has 0 aliphatic heterocycles. The molecule has 2 heterocycles. The van der Waals surface area contributed by atoms with Gasteiger partial charge in [-0.15, -0.1) is 0 Å². The van der Waals surface area contributed by atoms with Gasteiger partial charge < -0.3 is 0 Å². The summed E-state index contributed by atoms with van der Waals surface area (Å²) in [5, 5.41) is 3.07. The molecular weight excluding hydrogens is 190 g/mol. The molecule has 2 aromatic rings. The van der Waals surface area contributed by atoms with Gasteiger partial charge in [0.25, 0.3) is 5.56 Å². The van der Waals surface area contributed by atoms with Crippen molar-refractivity contribution in [3.63, 3.8) is 0 Å². The average molecular weight is 205 g/mol. The van der Waals surface area contributed by atoms with Crippen LogP contribution in [0.5, 0.6) is 0 Å². The van der Waals surface area contributed by atoms with Crippen LogP contribution >= 0.6 is 0 Å². The van der Waals surface area contributed by atoms with Crippen molar-refractivity contribution in [3.05, 3.63) is 33.4 Å². The van der Waals surface area contributed by atoms with Crippen LogP contribution in [-0.4, -0.2) is 14.6 Å². The third kappa shape index (κ3) is 1.46. The summed E-state index contributed by atoms with van der Waals surface area (Å²) >= 11 is 0. The summed E-state index contributed by atoms with van der Waals surface area (Å²) in [7, 11) is 0. The van der Waals surface area contributed by atoms with Crippen molar-refractivity contribution in [2.75, 3.05) is 0 Å². The van der Waals surface area contributed by atoms with E-state index < -0.39 is 0 Å². The van der Waals surface area contributed by atoms with E-state index in [1.165, 1.54) is 4.52 Å². The van der Waals surface area contributed by atoms with E-state index in [4.69, 9.17) is 0 Å². The molecule has 0 unspecified atom stereocenters. The molecule has 0 saturated heterocycles. The number of aromatic amines is 1. The molecule has 0 atom stereocenters. The monoisotopic (exact) mass is 205 g/mol. The normalized spacial score (nSPS) is 11.5. The minimum absolute atomic E-state index is 0.00981. The molecule has 2 rings (SSSR count). The SMILES string of the molecule is Cc1nc2cc(C(C)C)[nH]n2c(=O)c1C. The van der Waals surface area contributed by atoms with Crippen molar-refractivity contribution in [1.82, 2.24) is 14.6 Å². The van der Waals surface area contributed by atoms with E-state index in [9.17, 15) is 4.79 Å². The third-order valence-electron chi connectivity index (χ3n) is 2.73. The van der Waals surface area contributed by atoms with Crippen molar-refractivity contribution >= 4 is 5.65 Å². The maximum absolute atomic E-state index is 11.9. The quantitative estimate of drug-likeness (QED) is 0.771. The Morgan fingerprint density at radius 3 is 2.67 bits per heavy atom. The highest BCUT2D eigenvalue weighted by molar-refractivity contribution is 5.41. The summed E-state index contributed by atoms with van der Waals surface area (Å²) in [6.45, 7) is 7.82. The van der Waals surface area contributed by atoms with Gasteiger partial charge in [-0.1, -0.05) is 13.8 Å². The Balaban J connectivity index is 2.82. The Kier molecular flexibility index (Phi) is 2.14. The van der Waals surface area contributed by atoms with Crippen molar-refractivity contribution in [2.24, 2.45) is 0 Å². The molecule has 1 N–H and O–H groups in total. The topological polar surface area (TPSA) is 50.2 Å². The van der Waals surface area contributed by atoms with Crippen LogP contribution in [0.2, 0.25) is 0 Å². The Morgan fingerprint density at radius 1 is 1.40 bits per heavy atom. The zero-order chi connectivity index (χ0) is 11.2. The molecule has 2 aromatic heterocycles. The summed E-state index contributed by atoms with van der Waals surface area (Å²) in [5.74, 6) is 0.367. The van der Waals surface area contributed by atoms with Gasteiger partial charge in [-0.2, -0.15) is 0 Å². The fourth-order valence-corrected chi connectivity index (χ4v) is 1.53. The molecular formula is C11H15N3O. The van der Waals surface area contributed by atoms with Gasteiger partial charge in [0.05, 0.1) is 0 Å². The van der Waals surface area contributed by atoms with E-state index in [1.54, 1.807) is 6.92 Å². The Hall–Kier alpha value is -1.58. The van der Waals surface area contributed by atoms with E-state index in [1.807, 2.05) is 13.0 Å². The summed E-state index contributed by atoms with van der Waals surface area (Å²) in [5.41, 5.74) is 3.22. The van der Waals surface area contributed by atoms with Gasteiger partial charge >= 0.3 is 0 Å². The number of nitrogens with zero attached hydrogens (tertiary/aromatic N) is 2. The fourth-order valence-electron chi connectivity index (χ4n) is 1.53. The van der Waals surface area contributed by atoms with Crippen LogP contribution in [0.1, 0.15) is 36.7 Å². The molecule has 0 aromatic carbocycles. The van der Waals surface area contributed by atoms with Crippen molar-refractivity contribution in [2.45, 2.75) is 33.6 Å². The lowest BCUT2D eigenvalue weighted by Gasteiger charge is -1.99. The average Bonchev–Trinajstić information content (AvgIpc) is 2.58. The first kappa shape index (κ1) is 9.96. The van der Waals surface area contributed by atoms with E-state index in [2.05, 4.69) is 23.9 Å². The number of nitrogens with one attached hydrogen (secondary N) is 1. The third-order valence-corrected chi connectivity index (χ3v) is 2.73. The number of aromatic nitrogens is 3. The minimum atomic E-state index is -0.00981. The molecule has 4 heteroatoms. The first-order chi connectivity index (χ1) is 7.00. The molecule has 80 valence electrons. The standard InChI is InChI=1S/C11H15N3O/c1-6(2)9-5-10-12-8(4)7(3)11(15)14(10)13-9/h5-6,13H,1-4H3. The van der Waals surface area contributed by atoms with E-state index in [-0.39, 0.29) is 5.56 Å². The highest BCUT2D eigenvalue weighted by Crippen LogP contribution is 2.13. The molecule has 0 aliphatic rings. The zero-order valence-corrected chi connectivity index (χ0v) is 9.46. The van der Waals surface area contributed by atoms with E-state index in [0.29, 0.717) is 17.1 Å². The summed E-state index contributed by atoms with van der Waals surface area (Å²) in [6, 6.07) is 1.93. The molecule has 0 radical (unpaired) electrons. The second kappa shape index (κ2) is 3.22. The zero-order valence-electron chi connectivity index (χ0n) is 9.46. The van der Waals surface area contributed by atoms with Crippen LogP contribution in [-0.2, 0) is 0 Å². The van der Waals surface area contributed by atoms with Crippen LogP contribution in [0.15, 0.2) is 10.9 Å². The van der Waals surface area contributed by atoms with E-state index >= 15 is 0 Å². The molecule has 0 amide bonds. The predicted octanol–water partition coefficient (Wildman–Crippen LogP) is 1.76. The number of hydrogen-bond acceptors (Lipinski definition) is 2. The number of aryl methyl sites for hydroxylation is 1. The lowest BCUT2D eigenvalue weighted by atomic mass is 10.1. The molecule has 15 heavy (non-hydrogen) atoms. The molecule has 0 saturated carbocycles. The van der Waals surface area contributed by atoms with Crippen molar-refractivity contribution < 1.29 is 0 Å². The van der Waals surface area contributed by atoms with Crippen LogP contribution in [0.4, 0.5) is 0 Å². The van der Waals surface area contributed by atoms with Crippen LogP contribution in [0.3, 0.4) is 0 Å². The van der Waals surface area contributed by atoms with E-state index in [0.717, 1.165) is 11.4 Å². The smallest absolute Gasteiger partial charge is 0.275 e. The number of H-pyrrole nitrogens is 1. The van der Waals surface area contributed by atoms with Crippen LogP contribution in [0, 0.1) is 13.8 Å². The number of fused-ring (bicyclic) bond motifs is 1. The predicted molar refractivity (Wildman–Crippen MR) is 59.4 cm³/mol. The minimum Gasteiger partial charge on any atom is -0.293 e. The second-order valence-corrected chi connectivity index (χ2v) is 4.19. The number of rotatable bonds is 1. The Labute approximate surface area is 87.9 Å². The molecule has 0 spiro atoms. The maximum atomic E-state index is 11.9. The van der Waals surface area contributed by atoms with Gasteiger partial charge in [-0.25, -0.2) is 9.50 Å². The maximum Gasteiger partial charge on any atom is 0.275 e. The van der Waals surface area contributed by atoms with Crippen molar-refractivity contribution in [3.8, 4) is 0 Å². The summed E-state index contributed by atoms with van der Waals surface area (Å²) in [4.78, 5) is 16.2. The first-order valence-electron chi connectivity index (χ1n) is 5.09. The molecule has 4 nitrogen and oxygen atoms in total. The summed E-state index contributed by atoms with van der Waals surface area (Å²) < 4.78 is 1.51. The highest BCUT2D eigenvalue weighted by atomic mass is 16.1. The second-order valence-electron chi connectivity index (χ2n) is 4.19. The van der Waals surface area contributed by atoms with Gasteiger partial charge in [-0.05, 0) is 19.8 Å². The largest absolute Gasteiger partial charge is 0.293 e. The molecule has 0 fully saturated rings. The molecule has 0 bridgehead atoms. The van der Waals surface area contributed by atoms with Gasteiger partial charge in [0.15, 0.2) is 5.65 Å². The Morgan fingerprint density at radius 2 is 2.07 bits per heavy atom.